The number of carboxylic acid groups (broad SMARTS) is 1. The number of carbonyl (C=O) groups excluding carboxylic acids is 4. The van der Waals surface area contributed by atoms with Gasteiger partial charge in [0.15, 0.2) is 5.96 Å². The van der Waals surface area contributed by atoms with Gasteiger partial charge in [0.2, 0.25) is 17.7 Å². The van der Waals surface area contributed by atoms with Crippen LogP contribution in [0.5, 0.6) is 0 Å². The van der Waals surface area contributed by atoms with Gasteiger partial charge in [-0.25, -0.2) is 0 Å². The summed E-state index contributed by atoms with van der Waals surface area (Å²) >= 11 is 0. The van der Waals surface area contributed by atoms with Crippen molar-refractivity contribution in [3.8, 4) is 0 Å². The molecule has 10 N–H and O–H groups in total. The second-order valence-corrected chi connectivity index (χ2v) is 8.67. The van der Waals surface area contributed by atoms with E-state index in [4.69, 9.17) is 22.3 Å². The monoisotopic (exact) mass is 499 g/mol. The Kier molecular flexibility index (Phi) is 15.7. The summed E-state index contributed by atoms with van der Waals surface area (Å²) < 4.78 is 0. The number of aliphatic imine (C=N–C) groups is 1. The lowest BCUT2D eigenvalue weighted by molar-refractivity contribution is -0.138. The zero-order chi connectivity index (χ0) is 27.0. The summed E-state index contributed by atoms with van der Waals surface area (Å²) in [5.74, 6) is -3.37. The summed E-state index contributed by atoms with van der Waals surface area (Å²) in [6.07, 6.45) is 2.45. The van der Waals surface area contributed by atoms with E-state index in [1.807, 2.05) is 6.92 Å². The number of nitrogens with two attached hydrogens (primary N) is 3. The van der Waals surface area contributed by atoms with Gasteiger partial charge in [-0.05, 0) is 31.6 Å². The molecule has 0 unspecified atom stereocenters. The van der Waals surface area contributed by atoms with E-state index in [-0.39, 0.29) is 37.7 Å². The standard InChI is InChI=1S/C22H41N7O6/c1-4-5-7-14(23)19(33)27-16(9-10-18(31)32)21(35)28-15(8-6-11-26-22(24)25)20(34)29-17(12-30)13(2)3/h12-17H,4-11,23H2,1-3H3,(H,27,33)(H,28,35)(H,29,34)(H,31,32)(H4,24,25,26)/t14-,15-,16-,17+/m0/s1. The smallest absolute Gasteiger partial charge is 0.303 e. The number of hydrogen-bond donors (Lipinski definition) is 7. The van der Waals surface area contributed by atoms with Crippen molar-refractivity contribution in [2.45, 2.75) is 89.9 Å². The first-order valence-electron chi connectivity index (χ1n) is 11.8. The molecule has 0 aliphatic rings. The summed E-state index contributed by atoms with van der Waals surface area (Å²) in [5, 5.41) is 16.7. The molecule has 0 fully saturated rings. The van der Waals surface area contributed by atoms with E-state index >= 15 is 0 Å². The average Bonchev–Trinajstić information content (AvgIpc) is 2.79. The highest BCUT2D eigenvalue weighted by Crippen LogP contribution is 2.07. The minimum Gasteiger partial charge on any atom is -0.481 e. The van der Waals surface area contributed by atoms with E-state index < -0.39 is 47.9 Å². The Morgan fingerprint density at radius 2 is 1.49 bits per heavy atom. The van der Waals surface area contributed by atoms with Crippen LogP contribution in [0.2, 0.25) is 0 Å². The largest absolute Gasteiger partial charge is 0.481 e. The highest BCUT2D eigenvalue weighted by Gasteiger charge is 2.29. The molecule has 0 rings (SSSR count). The summed E-state index contributed by atoms with van der Waals surface area (Å²) in [5.41, 5.74) is 16.5. The number of hydrogen-bond acceptors (Lipinski definition) is 7. The zero-order valence-electron chi connectivity index (χ0n) is 20.8. The molecule has 0 saturated carbocycles. The number of aldehydes is 1. The van der Waals surface area contributed by atoms with Crippen LogP contribution < -0.4 is 33.2 Å². The lowest BCUT2D eigenvalue weighted by atomic mass is 10.0. The van der Waals surface area contributed by atoms with Crippen molar-refractivity contribution in [2.75, 3.05) is 6.54 Å². The predicted molar refractivity (Wildman–Crippen MR) is 131 cm³/mol. The van der Waals surface area contributed by atoms with Crippen LogP contribution in [-0.2, 0) is 24.0 Å². The molecule has 0 spiro atoms. The number of aliphatic carboxylic acids is 1. The molecule has 13 nitrogen and oxygen atoms in total. The van der Waals surface area contributed by atoms with Gasteiger partial charge in [0.25, 0.3) is 0 Å². The molecule has 0 radical (unpaired) electrons. The number of nitrogens with one attached hydrogen (secondary N) is 3. The van der Waals surface area contributed by atoms with Gasteiger partial charge in [-0.15, -0.1) is 0 Å². The van der Waals surface area contributed by atoms with Crippen LogP contribution in [0.15, 0.2) is 4.99 Å². The molecule has 0 aromatic heterocycles. The van der Waals surface area contributed by atoms with Crippen molar-refractivity contribution in [2.24, 2.45) is 28.1 Å². The van der Waals surface area contributed by atoms with E-state index in [0.29, 0.717) is 25.5 Å². The van der Waals surface area contributed by atoms with Gasteiger partial charge in [0, 0.05) is 13.0 Å². The van der Waals surface area contributed by atoms with Crippen LogP contribution in [0.25, 0.3) is 0 Å². The topological polar surface area (TPSA) is 232 Å². The SMILES string of the molecule is CCCC[C@H](N)C(=O)N[C@@H](CCC(=O)O)C(=O)N[C@@H](CCCN=C(N)N)C(=O)N[C@H](C=O)C(C)C. The van der Waals surface area contributed by atoms with Gasteiger partial charge in [-0.2, -0.15) is 0 Å². The van der Waals surface area contributed by atoms with Crippen LogP contribution >= 0.6 is 0 Å². The van der Waals surface area contributed by atoms with Crippen molar-refractivity contribution in [3.05, 3.63) is 0 Å². The number of guanidine groups is 1. The fourth-order valence-electron chi connectivity index (χ4n) is 3.04. The van der Waals surface area contributed by atoms with Gasteiger partial charge < -0.3 is 43.1 Å². The highest BCUT2D eigenvalue weighted by molar-refractivity contribution is 5.93. The van der Waals surface area contributed by atoms with Crippen LogP contribution in [-0.4, -0.2) is 71.8 Å². The Morgan fingerprint density at radius 1 is 0.914 bits per heavy atom. The molecule has 0 aliphatic carbocycles. The third kappa shape index (κ3) is 13.9. The number of amides is 3. The van der Waals surface area contributed by atoms with Crippen molar-refractivity contribution >= 4 is 35.9 Å². The molecule has 35 heavy (non-hydrogen) atoms. The lowest BCUT2D eigenvalue weighted by Crippen LogP contribution is -2.57. The molecule has 0 saturated heterocycles. The molecule has 13 heteroatoms. The average molecular weight is 500 g/mol. The van der Waals surface area contributed by atoms with E-state index in [0.717, 1.165) is 6.42 Å². The minimum absolute atomic E-state index is 0.119. The molecule has 0 heterocycles. The Morgan fingerprint density at radius 3 is 2.00 bits per heavy atom. The normalized spacial score (nSPS) is 14.2. The van der Waals surface area contributed by atoms with Crippen molar-refractivity contribution in [1.82, 2.24) is 16.0 Å². The first kappa shape index (κ1) is 31.8. The minimum atomic E-state index is -1.22. The molecular weight excluding hydrogens is 458 g/mol. The van der Waals surface area contributed by atoms with Crippen molar-refractivity contribution in [3.63, 3.8) is 0 Å². The fraction of sp³-hybridized carbons (Fsp3) is 0.727. The molecule has 4 atom stereocenters. The number of carbonyl (C=O) groups is 5. The maximum atomic E-state index is 13.0. The third-order valence-electron chi connectivity index (χ3n) is 5.24. The molecule has 0 aliphatic heterocycles. The molecule has 200 valence electrons. The third-order valence-corrected chi connectivity index (χ3v) is 5.24. The van der Waals surface area contributed by atoms with Gasteiger partial charge >= 0.3 is 5.97 Å². The van der Waals surface area contributed by atoms with E-state index in [9.17, 15) is 24.0 Å². The highest BCUT2D eigenvalue weighted by atomic mass is 16.4. The number of carboxylic acids is 1. The Labute approximate surface area is 206 Å². The zero-order valence-corrected chi connectivity index (χ0v) is 20.8. The lowest BCUT2D eigenvalue weighted by Gasteiger charge is -2.25. The van der Waals surface area contributed by atoms with Crippen molar-refractivity contribution in [1.29, 1.82) is 0 Å². The molecule has 3 amide bonds. The van der Waals surface area contributed by atoms with E-state index in [1.165, 1.54) is 0 Å². The number of nitrogens with zero attached hydrogens (tertiary/aromatic N) is 1. The number of rotatable bonds is 18. The van der Waals surface area contributed by atoms with Crippen molar-refractivity contribution < 1.29 is 29.1 Å². The van der Waals surface area contributed by atoms with Gasteiger partial charge in [-0.3, -0.25) is 24.2 Å². The molecular formula is C22H41N7O6. The quantitative estimate of drug-likeness (QED) is 0.0515. The van der Waals surface area contributed by atoms with Gasteiger partial charge in [0.05, 0.1) is 12.1 Å². The Bertz CT molecular complexity index is 740. The van der Waals surface area contributed by atoms with Gasteiger partial charge in [-0.1, -0.05) is 33.6 Å². The second kappa shape index (κ2) is 17.2. The maximum absolute atomic E-state index is 13.0. The molecule has 0 aromatic carbocycles. The second-order valence-electron chi connectivity index (χ2n) is 8.67. The fourth-order valence-corrected chi connectivity index (χ4v) is 3.04. The maximum Gasteiger partial charge on any atom is 0.303 e. The summed E-state index contributed by atoms with van der Waals surface area (Å²) in [6, 6.07) is -3.91. The van der Waals surface area contributed by atoms with Crippen LogP contribution in [0, 0.1) is 5.92 Å². The van der Waals surface area contributed by atoms with Crippen LogP contribution in [0.4, 0.5) is 0 Å². The molecule has 0 aromatic rings. The van der Waals surface area contributed by atoms with E-state index in [2.05, 4.69) is 20.9 Å². The first-order valence-corrected chi connectivity index (χ1v) is 11.8. The summed E-state index contributed by atoms with van der Waals surface area (Å²) in [7, 11) is 0. The Balaban J connectivity index is 5.54. The van der Waals surface area contributed by atoms with E-state index in [1.54, 1.807) is 13.8 Å². The van der Waals surface area contributed by atoms with Crippen LogP contribution in [0.1, 0.15) is 65.7 Å². The Hall–Kier alpha value is -3.22. The molecule has 0 bridgehead atoms. The first-order chi connectivity index (χ1) is 16.4. The van der Waals surface area contributed by atoms with Crippen LogP contribution in [0.3, 0.4) is 0 Å². The predicted octanol–water partition coefficient (Wildman–Crippen LogP) is -1.27. The number of unbranched alkanes of at least 4 members (excludes halogenated alkanes) is 1. The summed E-state index contributed by atoms with van der Waals surface area (Å²) in [6.45, 7) is 5.66. The summed E-state index contributed by atoms with van der Waals surface area (Å²) in [4.78, 5) is 64.5. The van der Waals surface area contributed by atoms with Gasteiger partial charge in [0.1, 0.15) is 18.4 Å².